The molecule has 134 valence electrons. The van der Waals surface area contributed by atoms with Crippen molar-refractivity contribution < 1.29 is 9.47 Å². The van der Waals surface area contributed by atoms with Gasteiger partial charge in [-0.3, -0.25) is 0 Å². The first-order chi connectivity index (χ1) is 11.7. The molecule has 0 radical (unpaired) electrons. The van der Waals surface area contributed by atoms with E-state index in [1.54, 1.807) is 14.2 Å². The largest absolute Gasteiger partial charge is 0.493 e. The SMILES string of the molecule is COc1cccc(CN=C(N)Nc2ccc3c(c2)CCC3)c1OC.I. The Bertz CT molecular complexity index is 762. The van der Waals surface area contributed by atoms with E-state index in [1.165, 1.54) is 24.0 Å². The van der Waals surface area contributed by atoms with Crippen molar-refractivity contribution in [1.29, 1.82) is 0 Å². The van der Waals surface area contributed by atoms with Gasteiger partial charge in [0.1, 0.15) is 0 Å². The highest BCUT2D eigenvalue weighted by atomic mass is 127. The van der Waals surface area contributed by atoms with E-state index in [2.05, 4.69) is 28.5 Å². The minimum absolute atomic E-state index is 0. The van der Waals surface area contributed by atoms with Gasteiger partial charge in [-0.1, -0.05) is 18.2 Å². The van der Waals surface area contributed by atoms with Crippen molar-refractivity contribution in [3.8, 4) is 11.5 Å². The quantitative estimate of drug-likeness (QED) is 0.411. The van der Waals surface area contributed by atoms with E-state index in [-0.39, 0.29) is 24.0 Å². The number of halogens is 1. The van der Waals surface area contributed by atoms with Gasteiger partial charge in [-0.05, 0) is 48.6 Å². The van der Waals surface area contributed by atoms with Gasteiger partial charge in [0.05, 0.1) is 20.8 Å². The molecular weight excluding hydrogens is 429 g/mol. The summed E-state index contributed by atoms with van der Waals surface area (Å²) in [5.41, 5.74) is 10.8. The van der Waals surface area contributed by atoms with Crippen molar-refractivity contribution in [2.75, 3.05) is 19.5 Å². The van der Waals surface area contributed by atoms with Crippen LogP contribution in [0.4, 0.5) is 5.69 Å². The van der Waals surface area contributed by atoms with Crippen molar-refractivity contribution >= 4 is 35.6 Å². The number of benzene rings is 2. The summed E-state index contributed by atoms with van der Waals surface area (Å²) in [5.74, 6) is 1.77. The number of nitrogens with two attached hydrogens (primary N) is 1. The number of hydrogen-bond acceptors (Lipinski definition) is 3. The molecule has 0 fully saturated rings. The number of nitrogens with one attached hydrogen (secondary N) is 1. The van der Waals surface area contributed by atoms with Crippen LogP contribution in [0.2, 0.25) is 0 Å². The maximum atomic E-state index is 6.03. The minimum atomic E-state index is 0. The van der Waals surface area contributed by atoms with Crippen LogP contribution in [-0.2, 0) is 19.4 Å². The smallest absolute Gasteiger partial charge is 0.193 e. The summed E-state index contributed by atoms with van der Waals surface area (Å²) >= 11 is 0. The van der Waals surface area contributed by atoms with Gasteiger partial charge in [0.2, 0.25) is 0 Å². The summed E-state index contributed by atoms with van der Waals surface area (Å²) in [7, 11) is 3.24. The first-order valence-electron chi connectivity index (χ1n) is 8.10. The monoisotopic (exact) mass is 453 g/mol. The molecule has 5 nitrogen and oxygen atoms in total. The number of ether oxygens (including phenoxy) is 2. The summed E-state index contributed by atoms with van der Waals surface area (Å²) in [6.07, 6.45) is 3.55. The maximum absolute atomic E-state index is 6.03. The van der Waals surface area contributed by atoms with Crippen molar-refractivity contribution in [2.45, 2.75) is 25.8 Å². The Morgan fingerprint density at radius 1 is 1.12 bits per heavy atom. The summed E-state index contributed by atoms with van der Waals surface area (Å²) in [5, 5.41) is 3.16. The zero-order valence-electron chi connectivity index (χ0n) is 14.5. The zero-order chi connectivity index (χ0) is 16.9. The minimum Gasteiger partial charge on any atom is -0.493 e. The molecule has 1 aliphatic carbocycles. The number of rotatable bonds is 5. The maximum Gasteiger partial charge on any atom is 0.193 e. The summed E-state index contributed by atoms with van der Waals surface area (Å²) in [4.78, 5) is 4.42. The molecule has 25 heavy (non-hydrogen) atoms. The van der Waals surface area contributed by atoms with E-state index in [0.717, 1.165) is 17.7 Å². The fourth-order valence-corrected chi connectivity index (χ4v) is 3.09. The Morgan fingerprint density at radius 3 is 2.68 bits per heavy atom. The molecule has 0 heterocycles. The highest BCUT2D eigenvalue weighted by Gasteiger charge is 2.11. The predicted molar refractivity (Wildman–Crippen MR) is 112 cm³/mol. The molecule has 3 N–H and O–H groups in total. The fourth-order valence-electron chi connectivity index (χ4n) is 3.09. The van der Waals surface area contributed by atoms with Gasteiger partial charge in [-0.25, -0.2) is 4.99 Å². The summed E-state index contributed by atoms with van der Waals surface area (Å²) in [6, 6.07) is 12.1. The van der Waals surface area contributed by atoms with Gasteiger partial charge >= 0.3 is 0 Å². The second-order valence-corrected chi connectivity index (χ2v) is 5.82. The van der Waals surface area contributed by atoms with Crippen LogP contribution < -0.4 is 20.5 Å². The molecule has 0 amide bonds. The zero-order valence-corrected chi connectivity index (χ0v) is 16.9. The Balaban J connectivity index is 0.00000225. The molecule has 2 aromatic rings. The van der Waals surface area contributed by atoms with Crippen LogP contribution in [0.5, 0.6) is 11.5 Å². The lowest BCUT2D eigenvalue weighted by atomic mass is 10.1. The van der Waals surface area contributed by atoms with E-state index in [9.17, 15) is 0 Å². The van der Waals surface area contributed by atoms with E-state index in [4.69, 9.17) is 15.2 Å². The molecule has 0 saturated heterocycles. The van der Waals surface area contributed by atoms with Crippen molar-refractivity contribution in [2.24, 2.45) is 10.7 Å². The molecule has 0 aromatic heterocycles. The van der Waals surface area contributed by atoms with Crippen molar-refractivity contribution in [3.63, 3.8) is 0 Å². The van der Waals surface area contributed by atoms with Crippen LogP contribution in [0.3, 0.4) is 0 Å². The second-order valence-electron chi connectivity index (χ2n) is 5.82. The van der Waals surface area contributed by atoms with Gasteiger partial charge < -0.3 is 20.5 Å². The molecular formula is C19H24IN3O2. The number of fused-ring (bicyclic) bond motifs is 1. The first-order valence-corrected chi connectivity index (χ1v) is 8.10. The van der Waals surface area contributed by atoms with Crippen LogP contribution in [0.25, 0.3) is 0 Å². The highest BCUT2D eigenvalue weighted by Crippen LogP contribution is 2.31. The van der Waals surface area contributed by atoms with Crippen LogP contribution >= 0.6 is 24.0 Å². The first kappa shape index (κ1) is 19.4. The lowest BCUT2D eigenvalue weighted by Crippen LogP contribution is -2.22. The van der Waals surface area contributed by atoms with Crippen LogP contribution in [0.1, 0.15) is 23.1 Å². The van der Waals surface area contributed by atoms with Crippen LogP contribution in [0.15, 0.2) is 41.4 Å². The number of para-hydroxylation sites is 1. The molecule has 6 heteroatoms. The van der Waals surface area contributed by atoms with E-state index in [1.807, 2.05) is 18.2 Å². The lowest BCUT2D eigenvalue weighted by molar-refractivity contribution is 0.352. The third-order valence-corrected chi connectivity index (χ3v) is 4.28. The predicted octanol–water partition coefficient (Wildman–Crippen LogP) is 3.74. The summed E-state index contributed by atoms with van der Waals surface area (Å²) < 4.78 is 10.7. The van der Waals surface area contributed by atoms with Gasteiger partial charge in [-0.2, -0.15) is 0 Å². The van der Waals surface area contributed by atoms with Gasteiger partial charge in [0.15, 0.2) is 17.5 Å². The van der Waals surface area contributed by atoms with E-state index in [0.29, 0.717) is 24.0 Å². The van der Waals surface area contributed by atoms with Crippen LogP contribution in [0, 0.1) is 0 Å². The van der Waals surface area contributed by atoms with Gasteiger partial charge in [-0.15, -0.1) is 24.0 Å². The Hall–Kier alpha value is -1.96. The van der Waals surface area contributed by atoms with Gasteiger partial charge in [0.25, 0.3) is 0 Å². The number of hydrogen-bond donors (Lipinski definition) is 2. The lowest BCUT2D eigenvalue weighted by Gasteiger charge is -2.12. The topological polar surface area (TPSA) is 68.9 Å². The number of aryl methyl sites for hydroxylation is 2. The fraction of sp³-hybridized carbons (Fsp3) is 0.316. The molecule has 0 bridgehead atoms. The molecule has 0 spiro atoms. The molecule has 0 saturated carbocycles. The number of guanidine groups is 1. The molecule has 2 aromatic carbocycles. The average molecular weight is 453 g/mol. The number of methoxy groups -OCH3 is 2. The van der Waals surface area contributed by atoms with Crippen molar-refractivity contribution in [3.05, 3.63) is 53.1 Å². The second kappa shape index (κ2) is 8.94. The number of nitrogens with zero attached hydrogens (tertiary/aromatic N) is 1. The normalized spacial score (nSPS) is 13.0. The highest BCUT2D eigenvalue weighted by molar-refractivity contribution is 14.0. The molecule has 0 atom stereocenters. The molecule has 1 aliphatic rings. The average Bonchev–Trinajstić information content (AvgIpc) is 3.07. The van der Waals surface area contributed by atoms with Crippen molar-refractivity contribution in [1.82, 2.24) is 0 Å². The third kappa shape index (κ3) is 4.56. The molecule has 0 aliphatic heterocycles. The Kier molecular flexibility index (Phi) is 6.92. The van der Waals surface area contributed by atoms with E-state index < -0.39 is 0 Å². The summed E-state index contributed by atoms with van der Waals surface area (Å²) in [6.45, 7) is 0.421. The standard InChI is InChI=1S/C19H23N3O2.HI/c1-23-17-8-4-7-15(18(17)24-2)12-21-19(20)22-16-10-9-13-5-3-6-14(13)11-16;/h4,7-11H,3,5-6,12H2,1-2H3,(H3,20,21,22);1H. The molecule has 0 unspecified atom stereocenters. The number of anilines is 1. The Morgan fingerprint density at radius 2 is 1.92 bits per heavy atom. The number of aliphatic imine (C=N–C) groups is 1. The van der Waals surface area contributed by atoms with Gasteiger partial charge in [0, 0.05) is 11.3 Å². The molecule has 3 rings (SSSR count). The Labute approximate surface area is 165 Å². The third-order valence-electron chi connectivity index (χ3n) is 4.28. The van der Waals surface area contributed by atoms with Crippen LogP contribution in [-0.4, -0.2) is 20.2 Å². The van der Waals surface area contributed by atoms with E-state index >= 15 is 0 Å².